The van der Waals surface area contributed by atoms with Gasteiger partial charge in [0.1, 0.15) is 0 Å². The molecule has 1 aliphatic rings. The summed E-state index contributed by atoms with van der Waals surface area (Å²) in [5.41, 5.74) is 3.30. The van der Waals surface area contributed by atoms with Gasteiger partial charge < -0.3 is 10.0 Å². The zero-order chi connectivity index (χ0) is 13.4. The molecule has 1 aliphatic heterocycles. The van der Waals surface area contributed by atoms with E-state index < -0.39 is 0 Å². The molecule has 4 heteroatoms. The van der Waals surface area contributed by atoms with Crippen molar-refractivity contribution in [3.05, 3.63) is 33.5 Å². The van der Waals surface area contributed by atoms with Gasteiger partial charge >= 0.3 is 0 Å². The van der Waals surface area contributed by atoms with Crippen LogP contribution in [-0.4, -0.2) is 29.3 Å². The highest BCUT2D eigenvalue weighted by molar-refractivity contribution is 14.1. The lowest BCUT2D eigenvalue weighted by molar-refractivity contribution is 0.266. The monoisotopic (exact) mass is 368 g/mol. The molecule has 1 aromatic carbocycles. The molecule has 3 nitrogen and oxygen atoms in total. The first-order valence-corrected chi connectivity index (χ1v) is 7.71. The molecule has 0 saturated carbocycles. The van der Waals surface area contributed by atoms with E-state index in [1.54, 1.807) is 0 Å². The van der Waals surface area contributed by atoms with Crippen LogP contribution in [0.25, 0.3) is 10.9 Å². The maximum atomic E-state index is 9.52. The van der Waals surface area contributed by atoms with Crippen LogP contribution in [0.15, 0.2) is 24.3 Å². The van der Waals surface area contributed by atoms with Crippen molar-refractivity contribution in [1.29, 1.82) is 0 Å². The Bertz CT molecular complexity index is 609. The van der Waals surface area contributed by atoms with Gasteiger partial charge in [-0.05, 0) is 66.6 Å². The fourth-order valence-electron chi connectivity index (χ4n) is 2.89. The van der Waals surface area contributed by atoms with E-state index >= 15 is 0 Å². The number of aliphatic hydroxyl groups is 1. The van der Waals surface area contributed by atoms with E-state index in [4.69, 9.17) is 0 Å². The van der Waals surface area contributed by atoms with Gasteiger partial charge in [-0.3, -0.25) is 4.98 Å². The van der Waals surface area contributed by atoms with Gasteiger partial charge in [0.25, 0.3) is 0 Å². The molecule has 2 aromatic rings. The summed E-state index contributed by atoms with van der Waals surface area (Å²) in [6.45, 7) is 3.29. The van der Waals surface area contributed by atoms with Crippen molar-refractivity contribution in [2.45, 2.75) is 25.8 Å². The Kier molecular flexibility index (Phi) is 3.62. The molecular formula is C15H17IN2O. The van der Waals surface area contributed by atoms with E-state index in [1.807, 2.05) is 6.92 Å². The number of aryl methyl sites for hydroxylation is 1. The van der Waals surface area contributed by atoms with Crippen molar-refractivity contribution < 1.29 is 5.11 Å². The molecule has 1 aromatic heterocycles. The van der Waals surface area contributed by atoms with Crippen LogP contribution >= 0.6 is 22.6 Å². The predicted octanol–water partition coefficient (Wildman–Crippen LogP) is 3.11. The van der Waals surface area contributed by atoms with Gasteiger partial charge in [-0.2, -0.15) is 0 Å². The summed E-state index contributed by atoms with van der Waals surface area (Å²) in [6.07, 6.45) is 2.22. The summed E-state index contributed by atoms with van der Waals surface area (Å²) in [5, 5.41) is 10.7. The summed E-state index contributed by atoms with van der Waals surface area (Å²) in [4.78, 5) is 6.96. The first kappa shape index (κ1) is 13.1. The third kappa shape index (κ3) is 2.43. The van der Waals surface area contributed by atoms with Gasteiger partial charge in [-0.15, -0.1) is 0 Å². The van der Waals surface area contributed by atoms with E-state index in [0.717, 1.165) is 30.6 Å². The van der Waals surface area contributed by atoms with Gasteiger partial charge in [-0.1, -0.05) is 0 Å². The van der Waals surface area contributed by atoms with E-state index in [2.05, 4.69) is 56.7 Å². The van der Waals surface area contributed by atoms with Crippen molar-refractivity contribution in [3.8, 4) is 0 Å². The minimum Gasteiger partial charge on any atom is -0.394 e. The maximum Gasteiger partial charge on any atom is 0.0736 e. The standard InChI is InChI=1S/C15H17IN2O/c1-10-7-15(18-6-2-3-12(18)9-19)13-5-4-11(16)8-14(13)17-10/h4-5,7-8,12,19H,2-3,6,9H2,1H3. The number of nitrogens with zero attached hydrogens (tertiary/aromatic N) is 2. The SMILES string of the molecule is Cc1cc(N2CCCC2CO)c2ccc(I)cc2n1. The van der Waals surface area contributed by atoms with Crippen LogP contribution in [0.4, 0.5) is 5.69 Å². The van der Waals surface area contributed by atoms with Crippen LogP contribution in [0.5, 0.6) is 0 Å². The first-order chi connectivity index (χ1) is 9.19. The molecule has 1 saturated heterocycles. The van der Waals surface area contributed by atoms with Gasteiger partial charge in [0.05, 0.1) is 18.2 Å². The molecule has 1 fully saturated rings. The second kappa shape index (κ2) is 5.25. The van der Waals surface area contributed by atoms with Crippen LogP contribution in [-0.2, 0) is 0 Å². The zero-order valence-electron chi connectivity index (χ0n) is 10.9. The van der Waals surface area contributed by atoms with Gasteiger partial charge in [0, 0.05) is 26.9 Å². The van der Waals surface area contributed by atoms with Crippen LogP contribution in [0.1, 0.15) is 18.5 Å². The zero-order valence-corrected chi connectivity index (χ0v) is 13.1. The summed E-state index contributed by atoms with van der Waals surface area (Å²) >= 11 is 2.32. The van der Waals surface area contributed by atoms with Crippen molar-refractivity contribution >= 4 is 39.2 Å². The Morgan fingerprint density at radius 2 is 2.26 bits per heavy atom. The third-order valence-electron chi connectivity index (χ3n) is 3.78. The number of fused-ring (bicyclic) bond motifs is 1. The molecule has 19 heavy (non-hydrogen) atoms. The van der Waals surface area contributed by atoms with Crippen molar-refractivity contribution in [1.82, 2.24) is 4.98 Å². The molecule has 0 bridgehead atoms. The highest BCUT2D eigenvalue weighted by Crippen LogP contribution is 2.32. The average molecular weight is 368 g/mol. The Balaban J connectivity index is 2.17. The number of hydrogen-bond donors (Lipinski definition) is 1. The molecule has 1 N–H and O–H groups in total. The quantitative estimate of drug-likeness (QED) is 0.828. The first-order valence-electron chi connectivity index (χ1n) is 6.63. The summed E-state index contributed by atoms with van der Waals surface area (Å²) in [5.74, 6) is 0. The van der Waals surface area contributed by atoms with Crippen molar-refractivity contribution in [3.63, 3.8) is 0 Å². The second-order valence-electron chi connectivity index (χ2n) is 5.12. The lowest BCUT2D eigenvalue weighted by atomic mass is 10.1. The fraction of sp³-hybridized carbons (Fsp3) is 0.400. The molecule has 0 radical (unpaired) electrons. The van der Waals surface area contributed by atoms with Crippen molar-refractivity contribution in [2.24, 2.45) is 0 Å². The molecule has 2 heterocycles. The highest BCUT2D eigenvalue weighted by atomic mass is 127. The summed E-state index contributed by atoms with van der Waals surface area (Å²) in [7, 11) is 0. The normalized spacial score (nSPS) is 19.3. The van der Waals surface area contributed by atoms with Crippen molar-refractivity contribution in [2.75, 3.05) is 18.1 Å². The third-order valence-corrected chi connectivity index (χ3v) is 4.45. The second-order valence-corrected chi connectivity index (χ2v) is 6.36. The van der Waals surface area contributed by atoms with E-state index in [1.165, 1.54) is 14.6 Å². The van der Waals surface area contributed by atoms with Gasteiger partial charge in [0.2, 0.25) is 0 Å². The maximum absolute atomic E-state index is 9.52. The van der Waals surface area contributed by atoms with Crippen LogP contribution in [0, 0.1) is 10.5 Å². The number of halogens is 1. The highest BCUT2D eigenvalue weighted by Gasteiger charge is 2.25. The lowest BCUT2D eigenvalue weighted by Gasteiger charge is -2.27. The molecule has 100 valence electrons. The minimum absolute atomic E-state index is 0.229. The number of pyridine rings is 1. The van der Waals surface area contributed by atoms with Crippen LogP contribution in [0.2, 0.25) is 0 Å². The molecular weight excluding hydrogens is 351 g/mol. The fourth-order valence-corrected chi connectivity index (χ4v) is 3.37. The predicted molar refractivity (Wildman–Crippen MR) is 86.7 cm³/mol. The Morgan fingerprint density at radius 1 is 1.42 bits per heavy atom. The Morgan fingerprint density at radius 3 is 3.05 bits per heavy atom. The number of aromatic nitrogens is 1. The number of benzene rings is 1. The van der Waals surface area contributed by atoms with Crippen LogP contribution in [0.3, 0.4) is 0 Å². The number of aliphatic hydroxyl groups excluding tert-OH is 1. The van der Waals surface area contributed by atoms with E-state index in [-0.39, 0.29) is 12.6 Å². The smallest absolute Gasteiger partial charge is 0.0736 e. The molecule has 1 atom stereocenters. The topological polar surface area (TPSA) is 36.4 Å². The number of hydrogen-bond acceptors (Lipinski definition) is 3. The van der Waals surface area contributed by atoms with Crippen LogP contribution < -0.4 is 4.90 Å². The average Bonchev–Trinajstić information content (AvgIpc) is 2.85. The van der Waals surface area contributed by atoms with E-state index in [0.29, 0.717) is 0 Å². The number of rotatable bonds is 2. The lowest BCUT2D eigenvalue weighted by Crippen LogP contribution is -2.32. The minimum atomic E-state index is 0.229. The largest absolute Gasteiger partial charge is 0.394 e. The Labute approximate surface area is 126 Å². The molecule has 0 spiro atoms. The van der Waals surface area contributed by atoms with Gasteiger partial charge in [-0.25, -0.2) is 0 Å². The molecule has 0 aliphatic carbocycles. The summed E-state index contributed by atoms with van der Waals surface area (Å²) < 4.78 is 1.20. The molecule has 0 amide bonds. The summed E-state index contributed by atoms with van der Waals surface area (Å²) in [6, 6.07) is 8.78. The number of anilines is 1. The Hall–Kier alpha value is -0.880. The molecule has 1 unspecified atom stereocenters. The van der Waals surface area contributed by atoms with E-state index in [9.17, 15) is 5.11 Å². The molecule has 3 rings (SSSR count). The van der Waals surface area contributed by atoms with Gasteiger partial charge in [0.15, 0.2) is 0 Å².